The highest BCUT2D eigenvalue weighted by Crippen LogP contribution is 2.24. The van der Waals surface area contributed by atoms with Gasteiger partial charge in [-0.25, -0.2) is 4.98 Å². The van der Waals surface area contributed by atoms with Crippen LogP contribution in [0.25, 0.3) is 0 Å². The summed E-state index contributed by atoms with van der Waals surface area (Å²) in [5, 5.41) is 7.54. The summed E-state index contributed by atoms with van der Waals surface area (Å²) in [5.41, 5.74) is 1.11. The van der Waals surface area contributed by atoms with Crippen molar-refractivity contribution in [2.75, 3.05) is 19.6 Å². The van der Waals surface area contributed by atoms with Crippen molar-refractivity contribution < 1.29 is 4.79 Å². The minimum absolute atomic E-state index is 0.186. The summed E-state index contributed by atoms with van der Waals surface area (Å²) in [6.45, 7) is 9.23. The van der Waals surface area contributed by atoms with Gasteiger partial charge in [0.05, 0.1) is 10.7 Å². The molecule has 1 aromatic heterocycles. The summed E-state index contributed by atoms with van der Waals surface area (Å²) in [5.74, 6) is 1.36. The SMILES string of the molecule is Cc1nc(CCNC(=O)CC(C)C2CCNCC2)sc1C. The number of hydrogen-bond donors (Lipinski definition) is 2. The first-order valence-corrected chi connectivity index (χ1v) is 8.78. The van der Waals surface area contributed by atoms with Crippen LogP contribution in [-0.4, -0.2) is 30.5 Å². The van der Waals surface area contributed by atoms with E-state index >= 15 is 0 Å². The number of carbonyl (C=O) groups is 1. The van der Waals surface area contributed by atoms with Gasteiger partial charge < -0.3 is 10.6 Å². The molecule has 118 valence electrons. The molecule has 0 bridgehead atoms. The molecule has 1 saturated heterocycles. The van der Waals surface area contributed by atoms with Gasteiger partial charge in [0.25, 0.3) is 0 Å². The molecule has 0 aromatic carbocycles. The Kier molecular flexibility index (Phi) is 6.18. The number of aryl methyl sites for hydroxylation is 2. The van der Waals surface area contributed by atoms with Gasteiger partial charge in [-0.2, -0.15) is 0 Å². The Labute approximate surface area is 131 Å². The highest BCUT2D eigenvalue weighted by Gasteiger charge is 2.21. The Balaban J connectivity index is 1.67. The lowest BCUT2D eigenvalue weighted by Crippen LogP contribution is -2.34. The maximum atomic E-state index is 12.0. The van der Waals surface area contributed by atoms with Gasteiger partial charge in [0, 0.05) is 24.3 Å². The van der Waals surface area contributed by atoms with E-state index in [0.29, 0.717) is 24.8 Å². The van der Waals surface area contributed by atoms with Crippen LogP contribution in [0.15, 0.2) is 0 Å². The standard InChI is InChI=1S/C16H27N3OS/c1-11(14-4-7-17-8-5-14)10-15(20)18-9-6-16-19-12(2)13(3)21-16/h11,14,17H,4-10H2,1-3H3,(H,18,20). The average molecular weight is 309 g/mol. The van der Waals surface area contributed by atoms with Crippen molar-refractivity contribution in [3.05, 3.63) is 15.6 Å². The lowest BCUT2D eigenvalue weighted by atomic mass is 9.84. The Hall–Kier alpha value is -0.940. The number of nitrogens with zero attached hydrogens (tertiary/aromatic N) is 1. The minimum atomic E-state index is 0.186. The van der Waals surface area contributed by atoms with E-state index in [1.54, 1.807) is 11.3 Å². The molecule has 0 saturated carbocycles. The zero-order valence-electron chi connectivity index (χ0n) is 13.4. The largest absolute Gasteiger partial charge is 0.356 e. The van der Waals surface area contributed by atoms with Crippen molar-refractivity contribution in [3.8, 4) is 0 Å². The van der Waals surface area contributed by atoms with Gasteiger partial charge in [0.2, 0.25) is 5.91 Å². The van der Waals surface area contributed by atoms with E-state index in [4.69, 9.17) is 0 Å². The van der Waals surface area contributed by atoms with Gasteiger partial charge in [-0.3, -0.25) is 4.79 Å². The summed E-state index contributed by atoms with van der Waals surface area (Å²) >= 11 is 1.73. The van der Waals surface area contributed by atoms with Gasteiger partial charge in [-0.05, 0) is 51.6 Å². The van der Waals surface area contributed by atoms with Crippen LogP contribution in [0.3, 0.4) is 0 Å². The van der Waals surface area contributed by atoms with E-state index in [-0.39, 0.29) is 5.91 Å². The van der Waals surface area contributed by atoms with Gasteiger partial charge in [0.1, 0.15) is 0 Å². The van der Waals surface area contributed by atoms with E-state index in [2.05, 4.69) is 29.5 Å². The molecule has 0 spiro atoms. The second-order valence-corrected chi connectivity index (χ2v) is 7.41. The summed E-state index contributed by atoms with van der Waals surface area (Å²) in [7, 11) is 0. The van der Waals surface area contributed by atoms with Gasteiger partial charge in [0.15, 0.2) is 0 Å². The number of amides is 1. The second-order valence-electron chi connectivity index (χ2n) is 6.12. The second kappa shape index (κ2) is 7.90. The van der Waals surface area contributed by atoms with Crippen molar-refractivity contribution >= 4 is 17.2 Å². The number of nitrogens with one attached hydrogen (secondary N) is 2. The van der Waals surface area contributed by atoms with Gasteiger partial charge in [-0.1, -0.05) is 6.92 Å². The number of rotatable bonds is 6. The first kappa shape index (κ1) is 16.4. The molecular formula is C16H27N3OS. The lowest BCUT2D eigenvalue weighted by molar-refractivity contribution is -0.122. The van der Waals surface area contributed by atoms with Crippen LogP contribution >= 0.6 is 11.3 Å². The fourth-order valence-corrected chi connectivity index (χ4v) is 3.83. The molecule has 1 amide bonds. The molecule has 1 atom stereocenters. The van der Waals surface area contributed by atoms with E-state index in [0.717, 1.165) is 30.2 Å². The van der Waals surface area contributed by atoms with Crippen molar-refractivity contribution in [2.24, 2.45) is 11.8 Å². The molecule has 2 N–H and O–H groups in total. The highest BCUT2D eigenvalue weighted by molar-refractivity contribution is 7.11. The molecule has 2 rings (SSSR count). The molecule has 5 heteroatoms. The Morgan fingerprint density at radius 3 is 2.76 bits per heavy atom. The molecule has 1 aliphatic heterocycles. The first-order chi connectivity index (χ1) is 10.1. The summed E-state index contributed by atoms with van der Waals surface area (Å²) in [6.07, 6.45) is 3.89. The fraction of sp³-hybridized carbons (Fsp3) is 0.750. The maximum absolute atomic E-state index is 12.0. The quantitative estimate of drug-likeness (QED) is 0.848. The molecule has 4 nitrogen and oxygen atoms in total. The number of piperidine rings is 1. The maximum Gasteiger partial charge on any atom is 0.220 e. The topological polar surface area (TPSA) is 54.0 Å². The van der Waals surface area contributed by atoms with Gasteiger partial charge >= 0.3 is 0 Å². The number of carbonyl (C=O) groups excluding carboxylic acids is 1. The smallest absolute Gasteiger partial charge is 0.220 e. The molecule has 1 unspecified atom stereocenters. The third-order valence-corrected chi connectivity index (χ3v) is 5.56. The summed E-state index contributed by atoms with van der Waals surface area (Å²) in [4.78, 5) is 17.8. The molecule has 0 radical (unpaired) electrons. The molecule has 0 aliphatic carbocycles. The normalized spacial score (nSPS) is 17.7. The van der Waals surface area contributed by atoms with Crippen LogP contribution in [-0.2, 0) is 11.2 Å². The molecule has 2 heterocycles. The zero-order chi connectivity index (χ0) is 15.2. The van der Waals surface area contributed by atoms with Crippen LogP contribution in [0, 0.1) is 25.7 Å². The van der Waals surface area contributed by atoms with Crippen LogP contribution < -0.4 is 10.6 Å². The first-order valence-electron chi connectivity index (χ1n) is 7.96. The van der Waals surface area contributed by atoms with E-state index in [9.17, 15) is 4.79 Å². The Morgan fingerprint density at radius 2 is 2.14 bits per heavy atom. The summed E-state index contributed by atoms with van der Waals surface area (Å²) < 4.78 is 0. The van der Waals surface area contributed by atoms with Crippen LogP contribution in [0.4, 0.5) is 0 Å². The third-order valence-electron chi connectivity index (χ3n) is 4.43. The van der Waals surface area contributed by atoms with E-state index in [1.807, 2.05) is 6.92 Å². The molecule has 1 aromatic rings. The predicted molar refractivity (Wildman–Crippen MR) is 87.7 cm³/mol. The molecule has 21 heavy (non-hydrogen) atoms. The Morgan fingerprint density at radius 1 is 1.43 bits per heavy atom. The molecule has 1 fully saturated rings. The number of hydrogen-bond acceptors (Lipinski definition) is 4. The highest BCUT2D eigenvalue weighted by atomic mass is 32.1. The Bertz CT molecular complexity index is 447. The van der Waals surface area contributed by atoms with Crippen LogP contribution in [0.5, 0.6) is 0 Å². The minimum Gasteiger partial charge on any atom is -0.356 e. The molecule has 1 aliphatic rings. The van der Waals surface area contributed by atoms with Crippen molar-refractivity contribution in [1.29, 1.82) is 0 Å². The number of thiazole rings is 1. The van der Waals surface area contributed by atoms with Crippen LogP contribution in [0.1, 0.15) is 41.8 Å². The fourth-order valence-electron chi connectivity index (χ4n) is 2.90. The predicted octanol–water partition coefficient (Wildman–Crippen LogP) is 2.44. The molecular weight excluding hydrogens is 282 g/mol. The van der Waals surface area contributed by atoms with Crippen molar-refractivity contribution in [2.45, 2.75) is 46.5 Å². The third kappa shape index (κ3) is 5.08. The average Bonchev–Trinajstić information content (AvgIpc) is 2.78. The van der Waals surface area contributed by atoms with Gasteiger partial charge in [-0.15, -0.1) is 11.3 Å². The van der Waals surface area contributed by atoms with E-state index < -0.39 is 0 Å². The monoisotopic (exact) mass is 309 g/mol. The van der Waals surface area contributed by atoms with Crippen LogP contribution in [0.2, 0.25) is 0 Å². The summed E-state index contributed by atoms with van der Waals surface area (Å²) in [6, 6.07) is 0. The lowest BCUT2D eigenvalue weighted by Gasteiger charge is -2.27. The van der Waals surface area contributed by atoms with Crippen molar-refractivity contribution in [1.82, 2.24) is 15.6 Å². The van der Waals surface area contributed by atoms with Crippen molar-refractivity contribution in [3.63, 3.8) is 0 Å². The van der Waals surface area contributed by atoms with E-state index in [1.165, 1.54) is 17.7 Å². The zero-order valence-corrected chi connectivity index (χ0v) is 14.2. The number of aromatic nitrogens is 1.